The van der Waals surface area contributed by atoms with Crippen molar-refractivity contribution in [1.82, 2.24) is 0 Å². The Hall–Kier alpha value is -2.83. The summed E-state index contributed by atoms with van der Waals surface area (Å²) in [7, 11) is 0. The molecule has 0 amide bonds. The monoisotopic (exact) mass is 370 g/mol. The van der Waals surface area contributed by atoms with E-state index in [0.29, 0.717) is 0 Å². The molecule has 3 aromatic carbocycles. The predicted octanol–water partition coefficient (Wildman–Crippen LogP) is 6.30. The molecular formula is C19H9F7. The topological polar surface area (TPSA) is 0 Å². The molecule has 0 saturated carbocycles. The van der Waals surface area contributed by atoms with Crippen LogP contribution < -0.4 is 0 Å². The largest absolute Gasteiger partial charge is 0.204 e. The fourth-order valence-corrected chi connectivity index (χ4v) is 2.56. The first kappa shape index (κ1) is 18.0. The molecule has 0 aliphatic carbocycles. The molecular weight excluding hydrogens is 361 g/mol. The van der Waals surface area contributed by atoms with E-state index in [0.717, 1.165) is 5.56 Å². The molecule has 7 heteroatoms. The lowest BCUT2D eigenvalue weighted by Crippen LogP contribution is -2.04. The third-order valence-electron chi connectivity index (χ3n) is 3.88. The average Bonchev–Trinajstić information content (AvgIpc) is 2.60. The Morgan fingerprint density at radius 3 is 1.31 bits per heavy atom. The van der Waals surface area contributed by atoms with Crippen molar-refractivity contribution in [3.8, 4) is 22.3 Å². The van der Waals surface area contributed by atoms with Gasteiger partial charge in [0.15, 0.2) is 40.7 Å². The first-order valence-corrected chi connectivity index (χ1v) is 7.30. The molecule has 0 N–H and O–H groups in total. The van der Waals surface area contributed by atoms with Crippen molar-refractivity contribution in [3.63, 3.8) is 0 Å². The SMILES string of the molecule is Cc1ccc(-c2c(F)c(F)c(-c3cc(F)c(F)c(F)c3)c(F)c2F)cc1. The highest BCUT2D eigenvalue weighted by molar-refractivity contribution is 5.73. The number of rotatable bonds is 2. The van der Waals surface area contributed by atoms with Gasteiger partial charge in [0, 0.05) is 0 Å². The summed E-state index contributed by atoms with van der Waals surface area (Å²) in [6, 6.07) is 6.03. The maximum Gasteiger partial charge on any atom is 0.194 e. The minimum atomic E-state index is -1.87. The van der Waals surface area contributed by atoms with Gasteiger partial charge in [-0.05, 0) is 30.2 Å². The van der Waals surface area contributed by atoms with Gasteiger partial charge in [0.05, 0.1) is 11.1 Å². The van der Waals surface area contributed by atoms with Crippen molar-refractivity contribution in [1.29, 1.82) is 0 Å². The summed E-state index contributed by atoms with van der Waals surface area (Å²) in [5, 5.41) is 0. The maximum atomic E-state index is 14.4. The van der Waals surface area contributed by atoms with E-state index in [2.05, 4.69) is 0 Å². The summed E-state index contributed by atoms with van der Waals surface area (Å²) < 4.78 is 97.3. The van der Waals surface area contributed by atoms with Gasteiger partial charge in [-0.15, -0.1) is 0 Å². The van der Waals surface area contributed by atoms with Gasteiger partial charge in [-0.2, -0.15) is 0 Å². The Morgan fingerprint density at radius 2 is 0.885 bits per heavy atom. The first-order chi connectivity index (χ1) is 12.2. The fraction of sp³-hybridized carbons (Fsp3) is 0.0526. The van der Waals surface area contributed by atoms with E-state index in [4.69, 9.17) is 0 Å². The third-order valence-corrected chi connectivity index (χ3v) is 3.88. The van der Waals surface area contributed by atoms with E-state index in [-0.39, 0.29) is 17.7 Å². The fourth-order valence-electron chi connectivity index (χ4n) is 2.56. The highest BCUT2D eigenvalue weighted by Gasteiger charge is 2.28. The van der Waals surface area contributed by atoms with Gasteiger partial charge in [0.25, 0.3) is 0 Å². The molecule has 0 bridgehead atoms. The van der Waals surface area contributed by atoms with E-state index in [1.807, 2.05) is 0 Å². The molecule has 0 aromatic heterocycles. The van der Waals surface area contributed by atoms with Crippen LogP contribution >= 0.6 is 0 Å². The predicted molar refractivity (Wildman–Crippen MR) is 81.8 cm³/mol. The molecule has 0 unspecified atom stereocenters. The van der Waals surface area contributed by atoms with Crippen molar-refractivity contribution in [2.24, 2.45) is 0 Å². The molecule has 0 aliphatic heterocycles. The molecule has 0 atom stereocenters. The molecule has 0 nitrogen and oxygen atoms in total. The van der Waals surface area contributed by atoms with Gasteiger partial charge in [0.2, 0.25) is 0 Å². The van der Waals surface area contributed by atoms with E-state index in [1.165, 1.54) is 24.3 Å². The Kier molecular flexibility index (Phi) is 4.48. The summed E-state index contributed by atoms with van der Waals surface area (Å²) in [6.07, 6.45) is 0. The molecule has 0 heterocycles. The van der Waals surface area contributed by atoms with Crippen LogP contribution in [0, 0.1) is 47.6 Å². The third kappa shape index (κ3) is 2.83. The quantitative estimate of drug-likeness (QED) is 0.282. The molecule has 0 fully saturated rings. The number of benzene rings is 3. The van der Waals surface area contributed by atoms with Gasteiger partial charge in [-0.3, -0.25) is 0 Å². The summed E-state index contributed by atoms with van der Waals surface area (Å²) in [5.74, 6) is -12.5. The van der Waals surface area contributed by atoms with Gasteiger partial charge in [-0.1, -0.05) is 29.8 Å². The minimum Gasteiger partial charge on any atom is -0.204 e. The summed E-state index contributed by atoms with van der Waals surface area (Å²) in [4.78, 5) is 0. The molecule has 3 rings (SSSR count). The Balaban J connectivity index is 2.29. The maximum absolute atomic E-state index is 14.4. The zero-order chi connectivity index (χ0) is 19.2. The van der Waals surface area contributed by atoms with Crippen LogP contribution in [0.15, 0.2) is 36.4 Å². The van der Waals surface area contributed by atoms with Crippen LogP contribution in [-0.4, -0.2) is 0 Å². The normalized spacial score (nSPS) is 11.1. The van der Waals surface area contributed by atoms with Gasteiger partial charge < -0.3 is 0 Å². The van der Waals surface area contributed by atoms with Crippen LogP contribution in [0.4, 0.5) is 30.7 Å². The van der Waals surface area contributed by atoms with Crippen LogP contribution in [0.25, 0.3) is 22.3 Å². The Morgan fingerprint density at radius 1 is 0.500 bits per heavy atom. The second-order valence-electron chi connectivity index (χ2n) is 5.63. The van der Waals surface area contributed by atoms with Gasteiger partial charge in [-0.25, -0.2) is 30.7 Å². The standard InChI is InChI=1S/C19H9F7/c1-8-2-4-9(5-3-8)13-16(23)18(25)14(19(26)17(13)24)10-6-11(20)15(22)12(21)7-10/h2-7H,1H3. The minimum absolute atomic E-state index is 0.119. The van der Waals surface area contributed by atoms with Crippen LogP contribution in [-0.2, 0) is 0 Å². The molecule has 3 aromatic rings. The molecule has 0 spiro atoms. The lowest BCUT2D eigenvalue weighted by Gasteiger charge is -2.13. The first-order valence-electron chi connectivity index (χ1n) is 7.30. The van der Waals surface area contributed by atoms with Gasteiger partial charge >= 0.3 is 0 Å². The molecule has 26 heavy (non-hydrogen) atoms. The lowest BCUT2D eigenvalue weighted by atomic mass is 9.96. The second kappa shape index (κ2) is 6.48. The summed E-state index contributed by atoms with van der Waals surface area (Å²) in [6.45, 7) is 1.71. The average molecular weight is 370 g/mol. The van der Waals surface area contributed by atoms with E-state index < -0.39 is 57.4 Å². The lowest BCUT2D eigenvalue weighted by molar-refractivity contribution is 0.445. The van der Waals surface area contributed by atoms with Crippen molar-refractivity contribution in [3.05, 3.63) is 82.7 Å². The van der Waals surface area contributed by atoms with E-state index in [1.54, 1.807) is 6.92 Å². The second-order valence-corrected chi connectivity index (χ2v) is 5.63. The zero-order valence-electron chi connectivity index (χ0n) is 13.1. The van der Waals surface area contributed by atoms with Gasteiger partial charge in [0.1, 0.15) is 0 Å². The van der Waals surface area contributed by atoms with Crippen molar-refractivity contribution < 1.29 is 30.7 Å². The van der Waals surface area contributed by atoms with Crippen molar-refractivity contribution >= 4 is 0 Å². The highest BCUT2D eigenvalue weighted by atomic mass is 19.2. The number of halogens is 7. The van der Waals surface area contributed by atoms with Crippen LogP contribution in [0.5, 0.6) is 0 Å². The van der Waals surface area contributed by atoms with Crippen molar-refractivity contribution in [2.75, 3.05) is 0 Å². The molecule has 0 aliphatic rings. The molecule has 0 radical (unpaired) electrons. The number of hydrogen-bond donors (Lipinski definition) is 0. The van der Waals surface area contributed by atoms with E-state index >= 15 is 0 Å². The highest BCUT2D eigenvalue weighted by Crippen LogP contribution is 2.37. The van der Waals surface area contributed by atoms with E-state index in [9.17, 15) is 30.7 Å². The zero-order valence-corrected chi connectivity index (χ0v) is 13.1. The Labute approximate surface area is 143 Å². The Bertz CT molecular complexity index is 955. The molecule has 0 saturated heterocycles. The smallest absolute Gasteiger partial charge is 0.194 e. The van der Waals surface area contributed by atoms with Crippen LogP contribution in [0.1, 0.15) is 5.56 Å². The number of hydrogen-bond acceptors (Lipinski definition) is 0. The van der Waals surface area contributed by atoms with Crippen LogP contribution in [0.3, 0.4) is 0 Å². The molecule has 134 valence electrons. The van der Waals surface area contributed by atoms with Crippen molar-refractivity contribution in [2.45, 2.75) is 6.92 Å². The number of aryl methyl sites for hydroxylation is 1. The van der Waals surface area contributed by atoms with Crippen LogP contribution in [0.2, 0.25) is 0 Å². The summed E-state index contributed by atoms with van der Waals surface area (Å²) in [5.41, 5.74) is -2.51. The summed E-state index contributed by atoms with van der Waals surface area (Å²) >= 11 is 0.